The van der Waals surface area contributed by atoms with E-state index in [0.717, 1.165) is 23.5 Å². The lowest BCUT2D eigenvalue weighted by Crippen LogP contribution is -2.28. The van der Waals surface area contributed by atoms with E-state index in [0.29, 0.717) is 35.4 Å². The van der Waals surface area contributed by atoms with Crippen molar-refractivity contribution in [2.75, 3.05) is 13.1 Å². The van der Waals surface area contributed by atoms with E-state index in [9.17, 15) is 4.79 Å². The average Bonchev–Trinajstić information content (AvgIpc) is 3.31. The Hall–Kier alpha value is -2.13. The molecule has 3 aromatic rings. The zero-order valence-electron chi connectivity index (χ0n) is 12.3. The van der Waals surface area contributed by atoms with E-state index in [1.54, 1.807) is 18.3 Å². The van der Waals surface area contributed by atoms with E-state index in [4.69, 9.17) is 4.52 Å². The predicted molar refractivity (Wildman–Crippen MR) is 85.5 cm³/mol. The summed E-state index contributed by atoms with van der Waals surface area (Å²) in [5.74, 6) is 1.30. The number of carbonyl (C=O) groups is 1. The molecule has 0 radical (unpaired) electrons. The highest BCUT2D eigenvalue weighted by molar-refractivity contribution is 7.08. The van der Waals surface area contributed by atoms with Crippen LogP contribution in [0.1, 0.15) is 33.5 Å². The van der Waals surface area contributed by atoms with Gasteiger partial charge in [-0.1, -0.05) is 9.64 Å². The Balaban J connectivity index is 1.48. The van der Waals surface area contributed by atoms with Crippen molar-refractivity contribution < 1.29 is 9.32 Å². The van der Waals surface area contributed by atoms with E-state index in [1.807, 2.05) is 21.7 Å². The largest absolute Gasteiger partial charge is 0.337 e. The molecule has 1 fully saturated rings. The summed E-state index contributed by atoms with van der Waals surface area (Å²) in [5.41, 5.74) is 1.62. The van der Waals surface area contributed by atoms with Gasteiger partial charge in [-0.25, -0.2) is 0 Å². The summed E-state index contributed by atoms with van der Waals surface area (Å²) >= 11 is 2.73. The number of carbonyl (C=O) groups excluding carboxylic acids is 1. The minimum atomic E-state index is -0.0125. The van der Waals surface area contributed by atoms with Gasteiger partial charge in [-0.05, 0) is 36.3 Å². The summed E-state index contributed by atoms with van der Waals surface area (Å²) in [6, 6.07) is 1.95. The zero-order valence-corrected chi connectivity index (χ0v) is 13.9. The highest BCUT2D eigenvalue weighted by Gasteiger charge is 2.32. The van der Waals surface area contributed by atoms with Crippen LogP contribution in [0.15, 0.2) is 21.3 Å². The maximum Gasteiger partial charge on any atom is 0.267 e. The van der Waals surface area contributed by atoms with Crippen molar-refractivity contribution in [3.8, 4) is 11.5 Å². The van der Waals surface area contributed by atoms with Crippen LogP contribution in [0, 0.1) is 6.92 Å². The van der Waals surface area contributed by atoms with E-state index in [1.165, 1.54) is 0 Å². The molecule has 0 aromatic carbocycles. The molecule has 118 valence electrons. The molecule has 4 heterocycles. The van der Waals surface area contributed by atoms with Crippen molar-refractivity contribution in [2.45, 2.75) is 19.3 Å². The Morgan fingerprint density at radius 1 is 1.48 bits per heavy atom. The van der Waals surface area contributed by atoms with Gasteiger partial charge in [0.15, 0.2) is 5.82 Å². The third kappa shape index (κ3) is 2.66. The molecule has 1 saturated heterocycles. The molecule has 1 aliphatic rings. The topological polar surface area (TPSA) is 85.0 Å². The van der Waals surface area contributed by atoms with Gasteiger partial charge < -0.3 is 9.42 Å². The number of amides is 1. The monoisotopic (exact) mass is 347 g/mol. The number of thiophene rings is 1. The Morgan fingerprint density at radius 2 is 2.39 bits per heavy atom. The van der Waals surface area contributed by atoms with Gasteiger partial charge in [-0.2, -0.15) is 16.3 Å². The summed E-state index contributed by atoms with van der Waals surface area (Å²) in [5, 5.41) is 11.9. The van der Waals surface area contributed by atoms with Gasteiger partial charge >= 0.3 is 0 Å². The first-order chi connectivity index (χ1) is 11.2. The molecule has 0 bridgehead atoms. The maximum atomic E-state index is 12.5. The maximum absolute atomic E-state index is 12.5. The highest BCUT2D eigenvalue weighted by atomic mass is 32.1. The first-order valence-corrected chi connectivity index (χ1v) is 8.88. The first-order valence-electron chi connectivity index (χ1n) is 7.17. The van der Waals surface area contributed by atoms with Crippen LogP contribution in [0.25, 0.3) is 11.5 Å². The van der Waals surface area contributed by atoms with Gasteiger partial charge in [0.1, 0.15) is 4.88 Å². The first kappa shape index (κ1) is 14.5. The second-order valence-electron chi connectivity index (χ2n) is 5.39. The van der Waals surface area contributed by atoms with Crippen molar-refractivity contribution in [2.24, 2.45) is 0 Å². The fraction of sp³-hybridized carbons (Fsp3) is 0.357. The molecule has 9 heteroatoms. The molecule has 1 atom stereocenters. The van der Waals surface area contributed by atoms with Crippen molar-refractivity contribution in [3.63, 3.8) is 0 Å². The minimum absolute atomic E-state index is 0.0125. The van der Waals surface area contributed by atoms with Crippen LogP contribution in [0.3, 0.4) is 0 Å². The van der Waals surface area contributed by atoms with Gasteiger partial charge in [-0.3, -0.25) is 4.79 Å². The molecule has 4 rings (SSSR count). The summed E-state index contributed by atoms with van der Waals surface area (Å²) in [6.45, 7) is 3.08. The van der Waals surface area contributed by atoms with Gasteiger partial charge in [0, 0.05) is 24.4 Å². The molecule has 0 aliphatic carbocycles. The van der Waals surface area contributed by atoms with Crippen LogP contribution in [0.2, 0.25) is 0 Å². The normalized spacial score (nSPS) is 17.8. The lowest BCUT2D eigenvalue weighted by atomic mass is 10.1. The Morgan fingerprint density at radius 3 is 3.13 bits per heavy atom. The molecule has 1 aliphatic heterocycles. The number of hydrogen-bond donors (Lipinski definition) is 0. The quantitative estimate of drug-likeness (QED) is 0.724. The third-order valence-corrected chi connectivity index (χ3v) is 5.40. The lowest BCUT2D eigenvalue weighted by molar-refractivity contribution is 0.0794. The predicted octanol–water partition coefficient (Wildman–Crippen LogP) is 2.59. The molecule has 0 spiro atoms. The van der Waals surface area contributed by atoms with Crippen LogP contribution in [-0.4, -0.2) is 43.6 Å². The van der Waals surface area contributed by atoms with Crippen LogP contribution < -0.4 is 0 Å². The van der Waals surface area contributed by atoms with Gasteiger partial charge in [-0.15, -0.1) is 5.10 Å². The van der Waals surface area contributed by atoms with E-state index < -0.39 is 0 Å². The SMILES string of the molecule is Cc1nnsc1C(=O)N1CC[C@@H](c2noc(-c3ccsc3)n2)C1. The van der Waals surface area contributed by atoms with E-state index in [2.05, 4.69) is 19.7 Å². The van der Waals surface area contributed by atoms with E-state index >= 15 is 0 Å². The number of likely N-dealkylation sites (tertiary alicyclic amines) is 1. The Labute approximate surface area is 140 Å². The fourth-order valence-corrected chi connectivity index (χ4v) is 3.89. The fourth-order valence-electron chi connectivity index (χ4n) is 2.63. The number of hydrogen-bond acceptors (Lipinski definition) is 8. The van der Waals surface area contributed by atoms with Gasteiger partial charge in [0.25, 0.3) is 11.8 Å². The smallest absolute Gasteiger partial charge is 0.267 e. The highest BCUT2D eigenvalue weighted by Crippen LogP contribution is 2.29. The van der Waals surface area contributed by atoms with Crippen LogP contribution in [0.5, 0.6) is 0 Å². The lowest BCUT2D eigenvalue weighted by Gasteiger charge is -2.14. The average molecular weight is 347 g/mol. The molecule has 7 nitrogen and oxygen atoms in total. The van der Waals surface area contributed by atoms with Gasteiger partial charge in [0.2, 0.25) is 0 Å². The Bertz CT molecular complexity index is 826. The van der Waals surface area contributed by atoms with Crippen molar-refractivity contribution >= 4 is 28.8 Å². The number of aryl methyl sites for hydroxylation is 1. The molecule has 0 saturated carbocycles. The Kier molecular flexibility index (Phi) is 3.66. The standard InChI is InChI=1S/C14H13N5O2S2/c1-8-11(23-18-16-8)14(20)19-4-2-9(6-19)12-15-13(21-17-12)10-3-5-22-7-10/h3,5,7,9H,2,4,6H2,1H3/t9-/m1/s1. The molecule has 3 aromatic heterocycles. The van der Waals surface area contributed by atoms with Crippen molar-refractivity contribution in [3.05, 3.63) is 33.2 Å². The van der Waals surface area contributed by atoms with Crippen LogP contribution >= 0.6 is 22.9 Å². The number of nitrogens with zero attached hydrogens (tertiary/aromatic N) is 5. The summed E-state index contributed by atoms with van der Waals surface area (Å²) in [7, 11) is 0. The molecule has 1 amide bonds. The zero-order chi connectivity index (χ0) is 15.8. The molecule has 0 unspecified atom stereocenters. The summed E-state index contributed by atoms with van der Waals surface area (Å²) < 4.78 is 9.16. The second kappa shape index (κ2) is 5.82. The molecular formula is C14H13N5O2S2. The van der Waals surface area contributed by atoms with Crippen LogP contribution in [0.4, 0.5) is 0 Å². The van der Waals surface area contributed by atoms with Gasteiger partial charge in [0.05, 0.1) is 11.3 Å². The van der Waals surface area contributed by atoms with Crippen molar-refractivity contribution in [1.82, 2.24) is 24.6 Å². The summed E-state index contributed by atoms with van der Waals surface area (Å²) in [6.07, 6.45) is 0.833. The third-order valence-electron chi connectivity index (χ3n) is 3.90. The number of aromatic nitrogens is 4. The molecule has 0 N–H and O–H groups in total. The molecule has 23 heavy (non-hydrogen) atoms. The minimum Gasteiger partial charge on any atom is -0.337 e. The number of rotatable bonds is 3. The summed E-state index contributed by atoms with van der Waals surface area (Å²) in [4.78, 5) is 19.4. The van der Waals surface area contributed by atoms with E-state index in [-0.39, 0.29) is 11.8 Å². The van der Waals surface area contributed by atoms with Crippen LogP contribution in [-0.2, 0) is 0 Å². The van der Waals surface area contributed by atoms with Crippen molar-refractivity contribution in [1.29, 1.82) is 0 Å². The molecular weight excluding hydrogens is 334 g/mol. The second-order valence-corrected chi connectivity index (χ2v) is 6.93.